The first-order valence-electron chi connectivity index (χ1n) is 11.7. The van der Waals surface area contributed by atoms with Gasteiger partial charge < -0.3 is 10.2 Å². The number of fused-ring (bicyclic) bond motifs is 2. The SMILES string of the molecule is CCc1ccc(Cl)cc1-c1nc2ccccn2c1-c1ccc2ncc(N3CCNCC3)cc2n1. The standard InChI is InChI=1S/C27H25ClN6/c1-2-18-6-7-19(28)15-21(18)26-27(34-12-4-3-5-25(34)32-26)23-9-8-22-24(31-23)16-20(17-30-22)33-13-10-29-11-14-33/h3-9,12,15-17,29H,2,10-11,13-14H2,1H3. The highest BCUT2D eigenvalue weighted by Gasteiger charge is 2.20. The van der Waals surface area contributed by atoms with Crippen LogP contribution in [0, 0.1) is 0 Å². The number of pyridine rings is 3. The zero-order valence-electron chi connectivity index (χ0n) is 19.0. The largest absolute Gasteiger partial charge is 0.368 e. The second-order valence-corrected chi connectivity index (χ2v) is 8.99. The third-order valence-corrected chi connectivity index (χ3v) is 6.72. The molecule has 5 heterocycles. The average Bonchev–Trinajstić information content (AvgIpc) is 3.28. The first-order valence-corrected chi connectivity index (χ1v) is 12.1. The van der Waals surface area contributed by atoms with Gasteiger partial charge in [-0.3, -0.25) is 9.38 Å². The number of nitrogens with zero attached hydrogens (tertiary/aromatic N) is 5. The fourth-order valence-electron chi connectivity index (χ4n) is 4.73. The maximum Gasteiger partial charge on any atom is 0.137 e. The second-order valence-electron chi connectivity index (χ2n) is 8.56. The summed E-state index contributed by atoms with van der Waals surface area (Å²) in [7, 11) is 0. The number of imidazole rings is 1. The molecule has 1 saturated heterocycles. The lowest BCUT2D eigenvalue weighted by atomic mass is 10.00. The van der Waals surface area contributed by atoms with E-state index in [1.54, 1.807) is 0 Å². The van der Waals surface area contributed by atoms with Gasteiger partial charge in [0.05, 0.1) is 40.0 Å². The van der Waals surface area contributed by atoms with Gasteiger partial charge in [0.1, 0.15) is 5.65 Å². The number of aromatic nitrogens is 4. The minimum absolute atomic E-state index is 0.700. The van der Waals surface area contributed by atoms with Crippen LogP contribution in [0.1, 0.15) is 12.5 Å². The molecule has 0 radical (unpaired) electrons. The smallest absolute Gasteiger partial charge is 0.137 e. The Labute approximate surface area is 203 Å². The van der Waals surface area contributed by atoms with E-state index in [4.69, 9.17) is 26.6 Å². The third-order valence-electron chi connectivity index (χ3n) is 6.49. The number of rotatable bonds is 4. The summed E-state index contributed by atoms with van der Waals surface area (Å²) in [6.45, 7) is 6.06. The second kappa shape index (κ2) is 8.70. The fourth-order valence-corrected chi connectivity index (χ4v) is 4.90. The van der Waals surface area contributed by atoms with Gasteiger partial charge in [-0.05, 0) is 54.4 Å². The first kappa shape index (κ1) is 21.1. The van der Waals surface area contributed by atoms with Crippen LogP contribution in [0.15, 0.2) is 67.0 Å². The maximum atomic E-state index is 6.42. The number of anilines is 1. The van der Waals surface area contributed by atoms with Crippen LogP contribution in [0.5, 0.6) is 0 Å². The molecule has 7 heteroatoms. The van der Waals surface area contributed by atoms with Gasteiger partial charge in [-0.25, -0.2) is 9.97 Å². The minimum atomic E-state index is 0.700. The molecule has 0 unspecified atom stereocenters. The summed E-state index contributed by atoms with van der Waals surface area (Å²) in [4.78, 5) is 17.2. The summed E-state index contributed by atoms with van der Waals surface area (Å²) in [5.74, 6) is 0. The van der Waals surface area contributed by atoms with E-state index in [1.807, 2.05) is 54.9 Å². The van der Waals surface area contributed by atoms with E-state index in [0.29, 0.717) is 5.02 Å². The van der Waals surface area contributed by atoms with Crippen LogP contribution in [0.4, 0.5) is 5.69 Å². The third kappa shape index (κ3) is 3.69. The fraction of sp³-hybridized carbons (Fsp3) is 0.222. The van der Waals surface area contributed by atoms with Gasteiger partial charge in [0, 0.05) is 43.0 Å². The Balaban J connectivity index is 1.55. The highest BCUT2D eigenvalue weighted by atomic mass is 35.5. The molecule has 4 aromatic heterocycles. The van der Waals surface area contributed by atoms with Crippen LogP contribution in [0.3, 0.4) is 0 Å². The lowest BCUT2D eigenvalue weighted by Crippen LogP contribution is -2.43. The molecule has 5 aromatic rings. The van der Waals surface area contributed by atoms with Crippen molar-refractivity contribution in [1.29, 1.82) is 0 Å². The molecule has 0 spiro atoms. The quantitative estimate of drug-likeness (QED) is 0.391. The number of piperazine rings is 1. The Morgan fingerprint density at radius 1 is 0.971 bits per heavy atom. The Bertz CT molecular complexity index is 1500. The minimum Gasteiger partial charge on any atom is -0.368 e. The number of nitrogens with one attached hydrogen (secondary N) is 1. The van der Waals surface area contributed by atoms with Crippen molar-refractivity contribution in [3.63, 3.8) is 0 Å². The van der Waals surface area contributed by atoms with Crippen LogP contribution in [-0.2, 0) is 6.42 Å². The van der Waals surface area contributed by atoms with Gasteiger partial charge in [0.15, 0.2) is 0 Å². The van der Waals surface area contributed by atoms with E-state index in [0.717, 1.165) is 77.6 Å². The monoisotopic (exact) mass is 468 g/mol. The van der Waals surface area contributed by atoms with Crippen molar-refractivity contribution < 1.29 is 0 Å². The number of hydrogen-bond donors (Lipinski definition) is 1. The van der Waals surface area contributed by atoms with Crippen LogP contribution in [0.25, 0.3) is 39.3 Å². The molecule has 1 fully saturated rings. The molecule has 1 N–H and O–H groups in total. The predicted octanol–water partition coefficient (Wildman–Crippen LogP) is 5.24. The lowest BCUT2D eigenvalue weighted by Gasteiger charge is -2.29. The van der Waals surface area contributed by atoms with Gasteiger partial charge >= 0.3 is 0 Å². The molecule has 6 nitrogen and oxygen atoms in total. The highest BCUT2D eigenvalue weighted by molar-refractivity contribution is 6.30. The van der Waals surface area contributed by atoms with Gasteiger partial charge in [-0.15, -0.1) is 0 Å². The molecule has 0 amide bonds. The molecule has 1 aliphatic rings. The normalized spacial score (nSPS) is 14.2. The topological polar surface area (TPSA) is 58.4 Å². The van der Waals surface area contributed by atoms with Crippen molar-refractivity contribution in [3.05, 3.63) is 77.6 Å². The van der Waals surface area contributed by atoms with Gasteiger partial charge in [0.25, 0.3) is 0 Å². The van der Waals surface area contributed by atoms with Crippen LogP contribution >= 0.6 is 11.6 Å². The number of aryl methyl sites for hydroxylation is 1. The lowest BCUT2D eigenvalue weighted by molar-refractivity contribution is 0.589. The van der Waals surface area contributed by atoms with Crippen molar-refractivity contribution in [1.82, 2.24) is 24.7 Å². The molecule has 0 atom stereocenters. The van der Waals surface area contributed by atoms with Crippen LogP contribution in [0.2, 0.25) is 5.02 Å². The Kier molecular flexibility index (Phi) is 5.40. The number of benzene rings is 1. The van der Waals surface area contributed by atoms with E-state index in [9.17, 15) is 0 Å². The van der Waals surface area contributed by atoms with Crippen molar-refractivity contribution in [3.8, 4) is 22.6 Å². The molecule has 170 valence electrons. The highest BCUT2D eigenvalue weighted by Crippen LogP contribution is 2.36. The molecule has 0 bridgehead atoms. The summed E-state index contributed by atoms with van der Waals surface area (Å²) < 4.78 is 2.11. The molecular weight excluding hydrogens is 444 g/mol. The van der Waals surface area contributed by atoms with E-state index in [2.05, 4.69) is 33.7 Å². The average molecular weight is 469 g/mol. The van der Waals surface area contributed by atoms with Crippen molar-refractivity contribution in [2.75, 3.05) is 31.1 Å². The predicted molar refractivity (Wildman–Crippen MR) is 139 cm³/mol. The Morgan fingerprint density at radius 2 is 1.85 bits per heavy atom. The van der Waals surface area contributed by atoms with E-state index in [-0.39, 0.29) is 0 Å². The van der Waals surface area contributed by atoms with Crippen LogP contribution < -0.4 is 10.2 Å². The van der Waals surface area contributed by atoms with Crippen molar-refractivity contribution >= 4 is 34.0 Å². The van der Waals surface area contributed by atoms with E-state index >= 15 is 0 Å². The van der Waals surface area contributed by atoms with E-state index in [1.165, 1.54) is 5.56 Å². The molecule has 1 aromatic carbocycles. The van der Waals surface area contributed by atoms with E-state index < -0.39 is 0 Å². The maximum absolute atomic E-state index is 6.42. The van der Waals surface area contributed by atoms with Gasteiger partial charge in [0.2, 0.25) is 0 Å². The van der Waals surface area contributed by atoms with Gasteiger partial charge in [-0.1, -0.05) is 30.7 Å². The zero-order valence-corrected chi connectivity index (χ0v) is 19.8. The molecule has 6 rings (SSSR count). The molecule has 34 heavy (non-hydrogen) atoms. The Hall–Kier alpha value is -3.48. The molecule has 1 aliphatic heterocycles. The molecule has 0 aliphatic carbocycles. The summed E-state index contributed by atoms with van der Waals surface area (Å²) in [6, 6.07) is 18.3. The van der Waals surface area contributed by atoms with Gasteiger partial charge in [-0.2, -0.15) is 0 Å². The summed E-state index contributed by atoms with van der Waals surface area (Å²) in [6.07, 6.45) is 4.88. The van der Waals surface area contributed by atoms with Crippen LogP contribution in [-0.4, -0.2) is 45.5 Å². The summed E-state index contributed by atoms with van der Waals surface area (Å²) >= 11 is 6.42. The number of hydrogen-bond acceptors (Lipinski definition) is 5. The summed E-state index contributed by atoms with van der Waals surface area (Å²) in [5, 5.41) is 4.11. The first-order chi connectivity index (χ1) is 16.7. The van der Waals surface area contributed by atoms with Crippen molar-refractivity contribution in [2.45, 2.75) is 13.3 Å². The van der Waals surface area contributed by atoms with Crippen molar-refractivity contribution in [2.24, 2.45) is 0 Å². The number of halogens is 1. The Morgan fingerprint density at radius 3 is 2.71 bits per heavy atom. The summed E-state index contributed by atoms with van der Waals surface area (Å²) in [5.41, 5.74) is 8.72. The molecular formula is C27H25ClN6. The zero-order chi connectivity index (χ0) is 23.1. The molecule has 0 saturated carbocycles.